The number of carbonyl (C=O) groups excluding carboxylic acids is 2. The molecule has 4 nitrogen and oxygen atoms in total. The van der Waals surface area contributed by atoms with Crippen molar-refractivity contribution in [3.8, 4) is 0 Å². The number of hydrogen-bond acceptors (Lipinski definition) is 4. The van der Waals surface area contributed by atoms with E-state index in [2.05, 4.69) is 6.92 Å². The molecular weight excluding hydrogens is 352 g/mol. The summed E-state index contributed by atoms with van der Waals surface area (Å²) in [7, 11) is 0. The molecule has 0 fully saturated rings. The Morgan fingerprint density at radius 1 is 0.679 bits per heavy atom. The Balaban J connectivity index is 3.42. The zero-order valence-electron chi connectivity index (χ0n) is 19.1. The second-order valence-electron chi connectivity index (χ2n) is 8.29. The zero-order chi connectivity index (χ0) is 21.0. The summed E-state index contributed by atoms with van der Waals surface area (Å²) >= 11 is 0. The Hall–Kier alpha value is -1.06. The van der Waals surface area contributed by atoms with Gasteiger partial charge >= 0.3 is 11.9 Å². The minimum Gasteiger partial charge on any atom is -0.466 e. The van der Waals surface area contributed by atoms with E-state index >= 15 is 0 Å². The van der Waals surface area contributed by atoms with Gasteiger partial charge in [0, 0.05) is 0 Å². The van der Waals surface area contributed by atoms with Crippen LogP contribution in [0.4, 0.5) is 0 Å². The standard InChI is InChI=1S/C24H46O4/c1-5-7-8-9-10-11-12-13-14-15-16-17-20-27-23(25)18-19-24(26)28-22(6-2)21(3)4/h21-22H,5-20H2,1-4H3. The molecule has 0 N–H and O–H groups in total. The minimum atomic E-state index is -0.303. The maximum Gasteiger partial charge on any atom is 0.306 e. The molecular formula is C24H46O4. The summed E-state index contributed by atoms with van der Waals surface area (Å²) in [5, 5.41) is 0. The first kappa shape index (κ1) is 26.9. The third-order valence-electron chi connectivity index (χ3n) is 5.22. The summed E-state index contributed by atoms with van der Waals surface area (Å²) in [5.41, 5.74) is 0. The van der Waals surface area contributed by atoms with Gasteiger partial charge in [-0.1, -0.05) is 98.3 Å². The lowest BCUT2D eigenvalue weighted by Gasteiger charge is -2.19. The molecule has 0 radical (unpaired) electrons. The van der Waals surface area contributed by atoms with Gasteiger partial charge < -0.3 is 9.47 Å². The number of ether oxygens (including phenoxy) is 2. The molecule has 0 saturated heterocycles. The van der Waals surface area contributed by atoms with Crippen molar-refractivity contribution < 1.29 is 19.1 Å². The Labute approximate surface area is 174 Å². The number of hydrogen-bond donors (Lipinski definition) is 0. The highest BCUT2D eigenvalue weighted by molar-refractivity contribution is 5.77. The second-order valence-corrected chi connectivity index (χ2v) is 8.29. The molecule has 166 valence electrons. The summed E-state index contributed by atoms with van der Waals surface area (Å²) < 4.78 is 10.6. The van der Waals surface area contributed by atoms with E-state index < -0.39 is 0 Å². The molecule has 0 aromatic rings. The van der Waals surface area contributed by atoms with Gasteiger partial charge in [0.15, 0.2) is 0 Å². The fraction of sp³-hybridized carbons (Fsp3) is 0.917. The van der Waals surface area contributed by atoms with Crippen molar-refractivity contribution >= 4 is 11.9 Å². The molecule has 0 spiro atoms. The van der Waals surface area contributed by atoms with Gasteiger partial charge in [-0.3, -0.25) is 9.59 Å². The number of carbonyl (C=O) groups is 2. The molecule has 0 aliphatic heterocycles. The molecule has 0 aliphatic rings. The maximum absolute atomic E-state index is 11.8. The summed E-state index contributed by atoms with van der Waals surface area (Å²) in [6.45, 7) is 8.79. The first-order chi connectivity index (χ1) is 13.5. The third kappa shape index (κ3) is 17.1. The van der Waals surface area contributed by atoms with E-state index in [0.29, 0.717) is 12.5 Å². The normalized spacial score (nSPS) is 12.2. The smallest absolute Gasteiger partial charge is 0.306 e. The minimum absolute atomic E-state index is 0.0652. The van der Waals surface area contributed by atoms with Gasteiger partial charge in [0.05, 0.1) is 19.4 Å². The van der Waals surface area contributed by atoms with Crippen LogP contribution in [-0.4, -0.2) is 24.6 Å². The summed E-state index contributed by atoms with van der Waals surface area (Å²) in [6.07, 6.45) is 16.4. The van der Waals surface area contributed by atoms with Crippen molar-refractivity contribution in [2.24, 2.45) is 5.92 Å². The monoisotopic (exact) mass is 398 g/mol. The van der Waals surface area contributed by atoms with Crippen LogP contribution >= 0.6 is 0 Å². The first-order valence-corrected chi connectivity index (χ1v) is 11.9. The molecule has 0 amide bonds. The maximum atomic E-state index is 11.8. The van der Waals surface area contributed by atoms with Crippen LogP contribution in [0.3, 0.4) is 0 Å². The molecule has 0 rings (SSSR count). The largest absolute Gasteiger partial charge is 0.466 e. The number of esters is 2. The summed E-state index contributed by atoms with van der Waals surface area (Å²) in [5.74, 6) is -0.299. The van der Waals surface area contributed by atoms with Crippen molar-refractivity contribution in [1.82, 2.24) is 0 Å². The molecule has 0 saturated carbocycles. The van der Waals surface area contributed by atoms with Crippen LogP contribution < -0.4 is 0 Å². The van der Waals surface area contributed by atoms with E-state index in [1.165, 1.54) is 64.2 Å². The lowest BCUT2D eigenvalue weighted by molar-refractivity contribution is -0.155. The quantitative estimate of drug-likeness (QED) is 0.174. The molecule has 0 aromatic heterocycles. The Bertz CT molecular complexity index is 379. The SMILES string of the molecule is CCCCCCCCCCCCCCOC(=O)CCC(=O)OC(CC)C(C)C. The average molecular weight is 399 g/mol. The van der Waals surface area contributed by atoms with Crippen LogP contribution in [0, 0.1) is 5.92 Å². The van der Waals surface area contributed by atoms with Crippen LogP contribution in [0.15, 0.2) is 0 Å². The van der Waals surface area contributed by atoms with Gasteiger partial charge in [-0.15, -0.1) is 0 Å². The van der Waals surface area contributed by atoms with Gasteiger partial charge in [-0.25, -0.2) is 0 Å². The van der Waals surface area contributed by atoms with Crippen LogP contribution in [0.5, 0.6) is 0 Å². The summed E-state index contributed by atoms with van der Waals surface area (Å²) in [4.78, 5) is 23.5. The Morgan fingerprint density at radius 2 is 1.14 bits per heavy atom. The van der Waals surface area contributed by atoms with Crippen LogP contribution in [0.1, 0.15) is 124 Å². The number of rotatable bonds is 19. The van der Waals surface area contributed by atoms with Crippen molar-refractivity contribution in [2.75, 3.05) is 6.61 Å². The molecule has 0 bridgehead atoms. The zero-order valence-corrected chi connectivity index (χ0v) is 19.1. The molecule has 1 atom stereocenters. The average Bonchev–Trinajstić information content (AvgIpc) is 2.67. The van der Waals surface area contributed by atoms with Gasteiger partial charge in [-0.2, -0.15) is 0 Å². The predicted octanol–water partition coefficient (Wildman–Crippen LogP) is 6.99. The van der Waals surface area contributed by atoms with Crippen LogP contribution in [0.2, 0.25) is 0 Å². The lowest BCUT2D eigenvalue weighted by Crippen LogP contribution is -2.23. The van der Waals surface area contributed by atoms with E-state index in [4.69, 9.17) is 9.47 Å². The molecule has 28 heavy (non-hydrogen) atoms. The highest BCUT2D eigenvalue weighted by atomic mass is 16.5. The summed E-state index contributed by atoms with van der Waals surface area (Å²) in [6, 6.07) is 0. The lowest BCUT2D eigenvalue weighted by atomic mass is 10.1. The highest BCUT2D eigenvalue weighted by Crippen LogP contribution is 2.13. The van der Waals surface area contributed by atoms with Gasteiger partial charge in [-0.05, 0) is 18.8 Å². The predicted molar refractivity (Wildman–Crippen MR) is 116 cm³/mol. The third-order valence-corrected chi connectivity index (χ3v) is 5.22. The van der Waals surface area contributed by atoms with Gasteiger partial charge in [0.25, 0.3) is 0 Å². The molecule has 0 heterocycles. The fourth-order valence-corrected chi connectivity index (χ4v) is 3.32. The van der Waals surface area contributed by atoms with E-state index in [9.17, 15) is 9.59 Å². The van der Waals surface area contributed by atoms with Crippen molar-refractivity contribution in [2.45, 2.75) is 130 Å². The van der Waals surface area contributed by atoms with Crippen molar-refractivity contribution in [1.29, 1.82) is 0 Å². The molecule has 0 aliphatic carbocycles. The van der Waals surface area contributed by atoms with Crippen molar-refractivity contribution in [3.05, 3.63) is 0 Å². The Morgan fingerprint density at radius 3 is 1.61 bits per heavy atom. The van der Waals surface area contributed by atoms with Crippen LogP contribution in [0.25, 0.3) is 0 Å². The van der Waals surface area contributed by atoms with Gasteiger partial charge in [0.2, 0.25) is 0 Å². The fourth-order valence-electron chi connectivity index (χ4n) is 3.32. The molecule has 1 unspecified atom stereocenters. The molecule has 4 heteroatoms. The first-order valence-electron chi connectivity index (χ1n) is 11.9. The Kier molecular flexibility index (Phi) is 18.5. The topological polar surface area (TPSA) is 52.6 Å². The van der Waals surface area contributed by atoms with Crippen LogP contribution in [-0.2, 0) is 19.1 Å². The molecule has 0 aromatic carbocycles. The number of unbranched alkanes of at least 4 members (excludes halogenated alkanes) is 11. The highest BCUT2D eigenvalue weighted by Gasteiger charge is 2.17. The van der Waals surface area contributed by atoms with Crippen molar-refractivity contribution in [3.63, 3.8) is 0 Å². The van der Waals surface area contributed by atoms with E-state index in [1.54, 1.807) is 0 Å². The van der Waals surface area contributed by atoms with E-state index in [-0.39, 0.29) is 30.9 Å². The van der Waals surface area contributed by atoms with E-state index in [1.807, 2.05) is 20.8 Å². The van der Waals surface area contributed by atoms with E-state index in [0.717, 1.165) is 19.3 Å². The second kappa shape index (κ2) is 19.3. The van der Waals surface area contributed by atoms with Gasteiger partial charge in [0.1, 0.15) is 6.10 Å².